The molecule has 0 amide bonds. The number of hydrogen-bond acceptors (Lipinski definition) is 5. The number of aromatic amines is 1. The topological polar surface area (TPSA) is 84.1 Å². The van der Waals surface area contributed by atoms with Gasteiger partial charge >= 0.3 is 11.9 Å². The number of H-pyrrole nitrogens is 1. The molecular formula is C24H26ClF3N4O3. The Bertz CT molecular complexity index is 1350. The number of benzene rings is 1. The lowest BCUT2D eigenvalue weighted by atomic mass is 9.94. The van der Waals surface area contributed by atoms with Crippen LogP contribution < -0.4 is 11.2 Å². The second-order valence-corrected chi connectivity index (χ2v) is 9.36. The van der Waals surface area contributed by atoms with E-state index in [4.69, 9.17) is 4.42 Å². The third-order valence-electron chi connectivity index (χ3n) is 7.04. The van der Waals surface area contributed by atoms with E-state index in [0.29, 0.717) is 36.2 Å². The van der Waals surface area contributed by atoms with Crippen LogP contribution in [0.5, 0.6) is 0 Å². The van der Waals surface area contributed by atoms with Gasteiger partial charge in [0.2, 0.25) is 0 Å². The van der Waals surface area contributed by atoms with Gasteiger partial charge in [-0.05, 0) is 49.9 Å². The first-order valence-electron chi connectivity index (χ1n) is 11.2. The minimum Gasteiger partial charge on any atom is -0.440 e. The van der Waals surface area contributed by atoms with Crippen LogP contribution in [0.4, 0.5) is 13.2 Å². The maximum atomic E-state index is 12.9. The molecule has 0 bridgehead atoms. The predicted octanol–water partition coefficient (Wildman–Crippen LogP) is 3.91. The average Bonchev–Trinajstić information content (AvgIpc) is 3.17. The Hall–Kier alpha value is -2.85. The molecule has 5 rings (SSSR count). The van der Waals surface area contributed by atoms with Crippen LogP contribution >= 0.6 is 12.4 Å². The molecule has 2 aromatic heterocycles. The van der Waals surface area contributed by atoms with E-state index in [1.54, 1.807) is 26.0 Å². The first-order valence-corrected chi connectivity index (χ1v) is 11.2. The summed E-state index contributed by atoms with van der Waals surface area (Å²) < 4.78 is 45.6. The van der Waals surface area contributed by atoms with Gasteiger partial charge in [0.25, 0.3) is 5.56 Å². The number of alkyl halides is 3. The van der Waals surface area contributed by atoms with Gasteiger partial charge in [0.05, 0.1) is 11.3 Å². The Morgan fingerprint density at radius 2 is 1.89 bits per heavy atom. The van der Waals surface area contributed by atoms with Gasteiger partial charge in [0, 0.05) is 38.2 Å². The highest BCUT2D eigenvalue weighted by atomic mass is 35.5. The molecule has 35 heavy (non-hydrogen) atoms. The van der Waals surface area contributed by atoms with E-state index >= 15 is 0 Å². The standard InChI is InChI=1S/C24H25F3N4O3.ClH/c1-14-20(34-15(2)28-14)19-12-31(22(33)29-21(19)32)9-3-8-30-11-18-10-23(18,13-30)16-4-6-17(7-5-16)24(25,26)27;/h4-7,12,18H,3,8-11,13H2,1-2H3,(H,29,32,33);1H/t18-,23+;/m0./s1. The summed E-state index contributed by atoms with van der Waals surface area (Å²) in [5.41, 5.74) is 0.132. The normalized spacial score (nSPS) is 21.6. The average molecular weight is 511 g/mol. The van der Waals surface area contributed by atoms with Gasteiger partial charge in [-0.25, -0.2) is 9.78 Å². The highest BCUT2D eigenvalue weighted by Crippen LogP contribution is 2.59. The summed E-state index contributed by atoms with van der Waals surface area (Å²) >= 11 is 0. The first-order chi connectivity index (χ1) is 16.1. The second kappa shape index (κ2) is 8.98. The zero-order chi connectivity index (χ0) is 24.3. The Morgan fingerprint density at radius 1 is 1.17 bits per heavy atom. The van der Waals surface area contributed by atoms with Crippen molar-refractivity contribution in [2.75, 3.05) is 19.6 Å². The maximum absolute atomic E-state index is 12.9. The lowest BCUT2D eigenvalue weighted by Gasteiger charge is -2.21. The summed E-state index contributed by atoms with van der Waals surface area (Å²) in [6.07, 6.45) is -1.13. The molecule has 3 aromatic rings. The lowest BCUT2D eigenvalue weighted by molar-refractivity contribution is -0.137. The highest BCUT2D eigenvalue weighted by Gasteiger charge is 2.60. The molecule has 3 heterocycles. The Morgan fingerprint density at radius 3 is 2.51 bits per heavy atom. The number of nitrogens with zero attached hydrogens (tertiary/aromatic N) is 3. The van der Waals surface area contributed by atoms with Crippen LogP contribution in [0.25, 0.3) is 11.3 Å². The van der Waals surface area contributed by atoms with Crippen LogP contribution in [0, 0.1) is 19.8 Å². The molecule has 2 aliphatic rings. The number of piperidine rings is 1. The van der Waals surface area contributed by atoms with Crippen molar-refractivity contribution < 1.29 is 17.6 Å². The molecule has 188 valence electrons. The van der Waals surface area contributed by atoms with E-state index < -0.39 is 23.0 Å². The van der Waals surface area contributed by atoms with E-state index in [0.717, 1.165) is 31.6 Å². The number of aryl methyl sites for hydroxylation is 3. The third kappa shape index (κ3) is 4.69. The minimum atomic E-state index is -4.33. The van der Waals surface area contributed by atoms with E-state index in [1.165, 1.54) is 22.9 Å². The Labute approximate surface area is 205 Å². The van der Waals surface area contributed by atoms with E-state index in [9.17, 15) is 22.8 Å². The number of nitrogens with one attached hydrogen (secondary N) is 1. The van der Waals surface area contributed by atoms with Gasteiger partial charge in [-0.1, -0.05) is 12.1 Å². The summed E-state index contributed by atoms with van der Waals surface area (Å²) in [6.45, 7) is 6.29. The minimum absolute atomic E-state index is 0. The molecule has 1 aliphatic heterocycles. The molecule has 11 heteroatoms. The van der Waals surface area contributed by atoms with Crippen molar-refractivity contribution in [3.63, 3.8) is 0 Å². The summed E-state index contributed by atoms with van der Waals surface area (Å²) in [5.74, 6) is 1.24. The monoisotopic (exact) mass is 510 g/mol. The van der Waals surface area contributed by atoms with Gasteiger partial charge in [-0.15, -0.1) is 12.4 Å². The van der Waals surface area contributed by atoms with Crippen LogP contribution in [0.2, 0.25) is 0 Å². The van der Waals surface area contributed by atoms with Gasteiger partial charge in [-0.3, -0.25) is 14.3 Å². The van der Waals surface area contributed by atoms with Crippen LogP contribution in [-0.2, 0) is 18.1 Å². The predicted molar refractivity (Wildman–Crippen MR) is 126 cm³/mol. The third-order valence-corrected chi connectivity index (χ3v) is 7.04. The van der Waals surface area contributed by atoms with Crippen molar-refractivity contribution in [3.05, 3.63) is 74.0 Å². The van der Waals surface area contributed by atoms with Gasteiger partial charge in [-0.2, -0.15) is 13.2 Å². The van der Waals surface area contributed by atoms with Crippen LogP contribution in [-0.4, -0.2) is 39.1 Å². The summed E-state index contributed by atoms with van der Waals surface area (Å²) in [6, 6.07) is 5.56. The quantitative estimate of drug-likeness (QED) is 0.543. The van der Waals surface area contributed by atoms with Crippen LogP contribution in [0.15, 0.2) is 44.5 Å². The number of likely N-dealkylation sites (tertiary alicyclic amines) is 1. The van der Waals surface area contributed by atoms with E-state index in [1.807, 2.05) is 0 Å². The Balaban J connectivity index is 0.00000289. The zero-order valence-corrected chi connectivity index (χ0v) is 20.1. The van der Waals surface area contributed by atoms with Gasteiger partial charge in [0.1, 0.15) is 5.56 Å². The summed E-state index contributed by atoms with van der Waals surface area (Å²) in [5, 5.41) is 0. The SMILES string of the molecule is Cc1nc(C)c(-c2cn(CCCN3C[C@@H]4C[C@]4(c4ccc(C(F)(F)F)cc4)C3)c(=O)[nH]c2=O)o1.Cl. The van der Waals surface area contributed by atoms with Crippen molar-refractivity contribution >= 4 is 12.4 Å². The zero-order valence-electron chi connectivity index (χ0n) is 19.3. The first kappa shape index (κ1) is 25.2. The molecule has 1 saturated carbocycles. The van der Waals surface area contributed by atoms with E-state index in [2.05, 4.69) is 14.9 Å². The highest BCUT2D eigenvalue weighted by molar-refractivity contribution is 5.85. The fourth-order valence-electron chi connectivity index (χ4n) is 5.28. The molecule has 1 saturated heterocycles. The van der Waals surface area contributed by atoms with Crippen LogP contribution in [0.1, 0.15) is 35.6 Å². The molecule has 7 nitrogen and oxygen atoms in total. The number of hydrogen-bond donors (Lipinski definition) is 1. The number of aromatic nitrogens is 3. The lowest BCUT2D eigenvalue weighted by Crippen LogP contribution is -2.32. The van der Waals surface area contributed by atoms with Crippen molar-refractivity contribution in [1.29, 1.82) is 0 Å². The fraction of sp³-hybridized carbons (Fsp3) is 0.458. The molecule has 2 fully saturated rings. The number of oxazole rings is 1. The molecule has 0 radical (unpaired) electrons. The number of fused-ring (bicyclic) bond motifs is 1. The van der Waals surface area contributed by atoms with Gasteiger partial charge < -0.3 is 9.32 Å². The van der Waals surface area contributed by atoms with Crippen molar-refractivity contribution in [3.8, 4) is 11.3 Å². The van der Waals surface area contributed by atoms with Crippen LogP contribution in [0.3, 0.4) is 0 Å². The second-order valence-electron chi connectivity index (χ2n) is 9.36. The van der Waals surface area contributed by atoms with Crippen molar-refractivity contribution in [2.45, 2.75) is 44.8 Å². The molecular weight excluding hydrogens is 485 g/mol. The number of rotatable bonds is 6. The number of halogens is 4. The van der Waals surface area contributed by atoms with Crippen molar-refractivity contribution in [2.24, 2.45) is 5.92 Å². The summed E-state index contributed by atoms with van der Waals surface area (Å²) in [7, 11) is 0. The molecule has 0 unspecified atom stereocenters. The Kier molecular flexibility index (Phi) is 6.48. The molecule has 0 spiro atoms. The molecule has 1 N–H and O–H groups in total. The maximum Gasteiger partial charge on any atom is 0.416 e. The van der Waals surface area contributed by atoms with E-state index in [-0.39, 0.29) is 23.4 Å². The molecule has 1 aliphatic carbocycles. The fourth-order valence-corrected chi connectivity index (χ4v) is 5.28. The van der Waals surface area contributed by atoms with Crippen molar-refractivity contribution in [1.82, 2.24) is 19.4 Å². The van der Waals surface area contributed by atoms with Gasteiger partial charge in [0.15, 0.2) is 11.7 Å². The smallest absolute Gasteiger partial charge is 0.416 e. The molecule has 2 atom stereocenters. The summed E-state index contributed by atoms with van der Waals surface area (Å²) in [4.78, 5) is 33.4. The molecule has 1 aromatic carbocycles. The largest absolute Gasteiger partial charge is 0.440 e.